The lowest BCUT2D eigenvalue weighted by atomic mass is 10.3. The van der Waals surface area contributed by atoms with Crippen LogP contribution in [0, 0.1) is 6.92 Å². The van der Waals surface area contributed by atoms with Gasteiger partial charge < -0.3 is 0 Å². The van der Waals surface area contributed by atoms with Gasteiger partial charge in [-0.2, -0.15) is 0 Å². The smallest absolute Gasteiger partial charge is 0.274 e. The molecule has 0 spiro atoms. The van der Waals surface area contributed by atoms with Crippen molar-refractivity contribution in [3.8, 4) is 0 Å². The Morgan fingerprint density at radius 3 is 2.81 bits per heavy atom. The van der Waals surface area contributed by atoms with Crippen LogP contribution in [0.5, 0.6) is 0 Å². The standard InChI is InChI=1S/C8H6Cl2N4O2/c1-4-5(13-16-12-4)2-14-3-11-7(10)6(9)8(14)15/h3H,2H2,1H3. The Hall–Kier alpha value is -1.40. The number of nitrogens with zero attached hydrogens (tertiary/aromatic N) is 4. The molecule has 6 nitrogen and oxygen atoms in total. The van der Waals surface area contributed by atoms with Gasteiger partial charge in [-0.25, -0.2) is 9.61 Å². The summed E-state index contributed by atoms with van der Waals surface area (Å²) in [5, 5.41) is 7.13. The minimum atomic E-state index is -0.427. The highest BCUT2D eigenvalue weighted by molar-refractivity contribution is 6.40. The van der Waals surface area contributed by atoms with Gasteiger partial charge in [0.2, 0.25) is 0 Å². The maximum absolute atomic E-state index is 11.7. The van der Waals surface area contributed by atoms with Crippen LogP contribution in [-0.2, 0) is 6.54 Å². The molecule has 0 aliphatic rings. The van der Waals surface area contributed by atoms with Gasteiger partial charge in [-0.15, -0.1) is 0 Å². The van der Waals surface area contributed by atoms with Crippen molar-refractivity contribution < 1.29 is 4.63 Å². The first-order valence-corrected chi connectivity index (χ1v) is 5.03. The van der Waals surface area contributed by atoms with Crippen molar-refractivity contribution in [3.63, 3.8) is 0 Å². The van der Waals surface area contributed by atoms with Gasteiger partial charge in [0, 0.05) is 0 Å². The van der Waals surface area contributed by atoms with Crippen molar-refractivity contribution >= 4 is 23.2 Å². The Morgan fingerprint density at radius 1 is 1.44 bits per heavy atom. The van der Waals surface area contributed by atoms with E-state index < -0.39 is 5.56 Å². The summed E-state index contributed by atoms with van der Waals surface area (Å²) < 4.78 is 5.80. The second-order valence-electron chi connectivity index (χ2n) is 3.08. The minimum absolute atomic E-state index is 0.0158. The van der Waals surface area contributed by atoms with Gasteiger partial charge in [-0.1, -0.05) is 33.5 Å². The van der Waals surface area contributed by atoms with E-state index in [0.717, 1.165) is 0 Å². The van der Waals surface area contributed by atoms with Crippen molar-refractivity contribution in [3.05, 3.63) is 38.2 Å². The van der Waals surface area contributed by atoms with Crippen LogP contribution in [0.1, 0.15) is 11.4 Å². The third kappa shape index (κ3) is 1.94. The van der Waals surface area contributed by atoms with E-state index in [9.17, 15) is 4.79 Å². The zero-order valence-electron chi connectivity index (χ0n) is 8.15. The van der Waals surface area contributed by atoms with E-state index in [1.807, 2.05) is 0 Å². The number of halogens is 2. The predicted molar refractivity (Wildman–Crippen MR) is 56.7 cm³/mol. The molecule has 0 atom stereocenters. The zero-order chi connectivity index (χ0) is 11.7. The van der Waals surface area contributed by atoms with Crippen molar-refractivity contribution in [1.29, 1.82) is 0 Å². The molecule has 2 heterocycles. The van der Waals surface area contributed by atoms with Gasteiger partial charge in [-0.05, 0) is 6.92 Å². The number of aromatic nitrogens is 4. The SMILES string of the molecule is Cc1nonc1Cn1cnc(Cl)c(Cl)c1=O. The molecule has 0 saturated heterocycles. The van der Waals surface area contributed by atoms with Crippen LogP contribution in [0.3, 0.4) is 0 Å². The summed E-state index contributed by atoms with van der Waals surface area (Å²) in [6, 6.07) is 0. The molecule has 0 N–H and O–H groups in total. The summed E-state index contributed by atoms with van der Waals surface area (Å²) in [7, 11) is 0. The molecule has 2 rings (SSSR count). The summed E-state index contributed by atoms with van der Waals surface area (Å²) in [4.78, 5) is 15.4. The van der Waals surface area contributed by atoms with Gasteiger partial charge in [0.05, 0.1) is 12.9 Å². The molecule has 2 aromatic rings. The number of hydrogen-bond acceptors (Lipinski definition) is 5. The highest BCUT2D eigenvalue weighted by atomic mass is 35.5. The summed E-state index contributed by atoms with van der Waals surface area (Å²) >= 11 is 11.3. The Kier molecular flexibility index (Phi) is 2.93. The van der Waals surface area contributed by atoms with E-state index in [1.54, 1.807) is 6.92 Å². The molecule has 0 amide bonds. The Labute approximate surface area is 99.8 Å². The Morgan fingerprint density at radius 2 is 2.19 bits per heavy atom. The molecule has 0 bridgehead atoms. The van der Waals surface area contributed by atoms with Crippen LogP contribution in [0.4, 0.5) is 0 Å². The van der Waals surface area contributed by atoms with Crippen LogP contribution < -0.4 is 5.56 Å². The van der Waals surface area contributed by atoms with Crippen LogP contribution in [0.25, 0.3) is 0 Å². The normalized spacial score (nSPS) is 10.7. The lowest BCUT2D eigenvalue weighted by Gasteiger charge is -2.03. The fourth-order valence-electron chi connectivity index (χ4n) is 1.11. The monoisotopic (exact) mass is 260 g/mol. The molecule has 16 heavy (non-hydrogen) atoms. The van der Waals surface area contributed by atoms with E-state index in [1.165, 1.54) is 10.9 Å². The molecule has 0 aliphatic carbocycles. The Balaban J connectivity index is 2.40. The third-order valence-corrected chi connectivity index (χ3v) is 2.73. The fourth-order valence-corrected chi connectivity index (χ4v) is 1.39. The van der Waals surface area contributed by atoms with Gasteiger partial charge >= 0.3 is 0 Å². The number of aryl methyl sites for hydroxylation is 1. The fraction of sp³-hybridized carbons (Fsp3) is 0.250. The topological polar surface area (TPSA) is 73.8 Å². The second kappa shape index (κ2) is 4.23. The summed E-state index contributed by atoms with van der Waals surface area (Å²) in [5.74, 6) is 0. The molecule has 0 unspecified atom stereocenters. The maximum Gasteiger partial charge on any atom is 0.274 e. The van der Waals surface area contributed by atoms with E-state index in [0.29, 0.717) is 11.4 Å². The molecule has 2 aromatic heterocycles. The zero-order valence-corrected chi connectivity index (χ0v) is 9.66. The second-order valence-corrected chi connectivity index (χ2v) is 3.81. The Bertz CT molecular complexity index is 578. The van der Waals surface area contributed by atoms with Gasteiger partial charge in [0.25, 0.3) is 5.56 Å². The van der Waals surface area contributed by atoms with Gasteiger partial charge in [0.1, 0.15) is 16.4 Å². The van der Waals surface area contributed by atoms with Crippen molar-refractivity contribution in [2.45, 2.75) is 13.5 Å². The molecule has 84 valence electrons. The molecule has 0 saturated carbocycles. The van der Waals surface area contributed by atoms with Crippen LogP contribution in [0.15, 0.2) is 15.8 Å². The van der Waals surface area contributed by atoms with Crippen LogP contribution in [-0.4, -0.2) is 19.9 Å². The lowest BCUT2D eigenvalue weighted by Crippen LogP contribution is -2.22. The molecule has 0 aromatic carbocycles. The van der Waals surface area contributed by atoms with E-state index in [2.05, 4.69) is 19.9 Å². The van der Waals surface area contributed by atoms with Gasteiger partial charge in [0.15, 0.2) is 5.15 Å². The van der Waals surface area contributed by atoms with Crippen LogP contribution >= 0.6 is 23.2 Å². The summed E-state index contributed by atoms with van der Waals surface area (Å²) in [6.07, 6.45) is 1.30. The number of rotatable bonds is 2. The lowest BCUT2D eigenvalue weighted by molar-refractivity contribution is 0.300. The summed E-state index contributed by atoms with van der Waals surface area (Å²) in [6.45, 7) is 1.92. The molecule has 0 fully saturated rings. The van der Waals surface area contributed by atoms with E-state index in [-0.39, 0.29) is 16.7 Å². The summed E-state index contributed by atoms with van der Waals surface area (Å²) in [5.41, 5.74) is 0.726. The van der Waals surface area contributed by atoms with Crippen molar-refractivity contribution in [1.82, 2.24) is 19.9 Å². The van der Waals surface area contributed by atoms with Crippen LogP contribution in [0.2, 0.25) is 10.2 Å². The van der Waals surface area contributed by atoms with Gasteiger partial charge in [-0.3, -0.25) is 9.36 Å². The molecule has 8 heteroatoms. The minimum Gasteiger partial charge on any atom is -0.292 e. The molecular weight excluding hydrogens is 255 g/mol. The molecular formula is C8H6Cl2N4O2. The first-order chi connectivity index (χ1) is 7.59. The molecule has 0 radical (unpaired) electrons. The first kappa shape index (κ1) is 11.1. The largest absolute Gasteiger partial charge is 0.292 e. The average Bonchev–Trinajstić information content (AvgIpc) is 2.65. The average molecular weight is 261 g/mol. The quantitative estimate of drug-likeness (QED) is 0.761. The van der Waals surface area contributed by atoms with Crippen molar-refractivity contribution in [2.75, 3.05) is 0 Å². The third-order valence-electron chi connectivity index (χ3n) is 2.01. The van der Waals surface area contributed by atoms with E-state index >= 15 is 0 Å². The first-order valence-electron chi connectivity index (χ1n) is 4.28. The number of hydrogen-bond donors (Lipinski definition) is 0. The predicted octanol–water partition coefficient (Wildman–Crippen LogP) is 1.29. The molecule has 0 aliphatic heterocycles. The highest BCUT2D eigenvalue weighted by Crippen LogP contribution is 2.13. The highest BCUT2D eigenvalue weighted by Gasteiger charge is 2.11. The maximum atomic E-state index is 11.7. The van der Waals surface area contributed by atoms with E-state index in [4.69, 9.17) is 23.2 Å². The van der Waals surface area contributed by atoms with Crippen molar-refractivity contribution in [2.24, 2.45) is 0 Å².